The van der Waals surface area contributed by atoms with Gasteiger partial charge < -0.3 is 9.84 Å². The average molecular weight is 279 g/mol. The third kappa shape index (κ3) is 3.58. The first kappa shape index (κ1) is 14.1. The molecule has 102 valence electrons. The highest BCUT2D eigenvalue weighted by molar-refractivity contribution is 6.31. The van der Waals surface area contributed by atoms with Crippen LogP contribution in [0.1, 0.15) is 29.5 Å². The predicted molar refractivity (Wildman–Crippen MR) is 77.4 cm³/mol. The van der Waals surface area contributed by atoms with Crippen molar-refractivity contribution in [3.8, 4) is 0 Å². The lowest BCUT2D eigenvalue weighted by atomic mass is 10.1. The Bertz CT molecular complexity index is 531. The second kappa shape index (κ2) is 6.22. The number of nitrogens with one attached hydrogen (secondary N) is 1. The molecule has 2 aromatic rings. The fourth-order valence-corrected chi connectivity index (χ4v) is 2.31. The topological polar surface area (TPSA) is 38.1 Å². The average Bonchev–Trinajstić information content (AvgIpc) is 2.70. The summed E-state index contributed by atoms with van der Waals surface area (Å²) < 4.78 is 5.15. The highest BCUT2D eigenvalue weighted by atomic mass is 35.5. The van der Waals surface area contributed by atoms with Crippen LogP contribution in [0.5, 0.6) is 0 Å². The molecule has 1 unspecified atom stereocenters. The van der Waals surface area contributed by atoms with E-state index in [1.807, 2.05) is 32.0 Å². The van der Waals surface area contributed by atoms with Crippen molar-refractivity contribution in [3.63, 3.8) is 0 Å². The second-order valence-electron chi connectivity index (χ2n) is 4.88. The molecule has 0 radical (unpaired) electrons. The van der Waals surface area contributed by atoms with Gasteiger partial charge in [-0.05, 0) is 38.8 Å². The molecule has 19 heavy (non-hydrogen) atoms. The standard InChI is InChI=1S/C15H19ClN2O/c1-10(8-13-6-4-5-7-15(13)16)17-9-14-11(2)18-19-12(14)3/h4-7,10,17H,8-9H2,1-3H3. The fourth-order valence-electron chi connectivity index (χ4n) is 2.10. The molecule has 0 aliphatic carbocycles. The number of benzene rings is 1. The number of nitrogens with zero attached hydrogens (tertiary/aromatic N) is 1. The zero-order valence-electron chi connectivity index (χ0n) is 11.5. The van der Waals surface area contributed by atoms with Crippen LogP contribution in [0.25, 0.3) is 0 Å². The van der Waals surface area contributed by atoms with Gasteiger partial charge in [0.25, 0.3) is 0 Å². The number of hydrogen-bond donors (Lipinski definition) is 1. The van der Waals surface area contributed by atoms with Crippen molar-refractivity contribution in [1.29, 1.82) is 0 Å². The lowest BCUT2D eigenvalue weighted by Crippen LogP contribution is -2.28. The van der Waals surface area contributed by atoms with Crippen molar-refractivity contribution in [3.05, 3.63) is 51.9 Å². The van der Waals surface area contributed by atoms with Crippen LogP contribution in [-0.2, 0) is 13.0 Å². The Labute approximate surface area is 118 Å². The van der Waals surface area contributed by atoms with E-state index in [1.54, 1.807) is 0 Å². The van der Waals surface area contributed by atoms with E-state index >= 15 is 0 Å². The van der Waals surface area contributed by atoms with Gasteiger partial charge in [0.2, 0.25) is 0 Å². The third-order valence-electron chi connectivity index (χ3n) is 3.29. The molecule has 3 nitrogen and oxygen atoms in total. The monoisotopic (exact) mass is 278 g/mol. The summed E-state index contributed by atoms with van der Waals surface area (Å²) in [6.45, 7) is 6.83. The molecular formula is C15H19ClN2O. The van der Waals surface area contributed by atoms with Gasteiger partial charge in [0.1, 0.15) is 5.76 Å². The van der Waals surface area contributed by atoms with Gasteiger partial charge in [-0.25, -0.2) is 0 Å². The molecule has 1 aromatic heterocycles. The number of aromatic nitrogens is 1. The molecular weight excluding hydrogens is 260 g/mol. The van der Waals surface area contributed by atoms with Crippen molar-refractivity contribution in [2.24, 2.45) is 0 Å². The fraction of sp³-hybridized carbons (Fsp3) is 0.400. The SMILES string of the molecule is Cc1noc(C)c1CNC(C)Cc1ccccc1Cl. The first-order valence-electron chi connectivity index (χ1n) is 6.46. The summed E-state index contributed by atoms with van der Waals surface area (Å²) in [4.78, 5) is 0. The maximum Gasteiger partial charge on any atom is 0.138 e. The van der Waals surface area contributed by atoms with E-state index in [4.69, 9.17) is 16.1 Å². The molecule has 1 aromatic carbocycles. The van der Waals surface area contributed by atoms with Gasteiger partial charge in [0.05, 0.1) is 5.69 Å². The Morgan fingerprint density at radius 1 is 1.32 bits per heavy atom. The van der Waals surface area contributed by atoms with Crippen molar-refractivity contribution >= 4 is 11.6 Å². The predicted octanol–water partition coefficient (Wildman–Crippen LogP) is 3.67. The van der Waals surface area contributed by atoms with Crippen LogP contribution >= 0.6 is 11.6 Å². The zero-order chi connectivity index (χ0) is 13.8. The smallest absolute Gasteiger partial charge is 0.138 e. The van der Waals surface area contributed by atoms with E-state index in [2.05, 4.69) is 23.5 Å². The first-order valence-corrected chi connectivity index (χ1v) is 6.84. The van der Waals surface area contributed by atoms with E-state index in [-0.39, 0.29) is 0 Å². The molecule has 0 fully saturated rings. The third-order valence-corrected chi connectivity index (χ3v) is 3.66. The van der Waals surface area contributed by atoms with E-state index in [0.717, 1.165) is 35.0 Å². The number of rotatable bonds is 5. The number of halogens is 1. The molecule has 0 saturated heterocycles. The summed E-state index contributed by atoms with van der Waals surface area (Å²) >= 11 is 6.17. The Balaban J connectivity index is 1.92. The Hall–Kier alpha value is -1.32. The Kier molecular flexibility index (Phi) is 4.61. The van der Waals surface area contributed by atoms with Crippen molar-refractivity contribution in [1.82, 2.24) is 10.5 Å². The molecule has 2 rings (SSSR count). The molecule has 1 N–H and O–H groups in total. The van der Waals surface area contributed by atoms with Crippen LogP contribution in [0.2, 0.25) is 5.02 Å². The lowest BCUT2D eigenvalue weighted by Gasteiger charge is -2.14. The first-order chi connectivity index (χ1) is 9.08. The van der Waals surface area contributed by atoms with E-state index in [9.17, 15) is 0 Å². The number of hydrogen-bond acceptors (Lipinski definition) is 3. The van der Waals surface area contributed by atoms with Gasteiger partial charge in [0, 0.05) is 23.2 Å². The van der Waals surface area contributed by atoms with E-state index in [1.165, 1.54) is 5.56 Å². The summed E-state index contributed by atoms with van der Waals surface area (Å²) in [5, 5.41) is 8.27. The van der Waals surface area contributed by atoms with Crippen LogP contribution in [0.15, 0.2) is 28.8 Å². The van der Waals surface area contributed by atoms with Crippen LogP contribution in [0.3, 0.4) is 0 Å². The summed E-state index contributed by atoms with van der Waals surface area (Å²) in [5.74, 6) is 0.884. The van der Waals surface area contributed by atoms with Crippen LogP contribution in [-0.4, -0.2) is 11.2 Å². The molecule has 0 spiro atoms. The normalized spacial score (nSPS) is 12.6. The van der Waals surface area contributed by atoms with Gasteiger partial charge in [-0.2, -0.15) is 0 Å². The molecule has 0 amide bonds. The van der Waals surface area contributed by atoms with Gasteiger partial charge >= 0.3 is 0 Å². The van der Waals surface area contributed by atoms with Gasteiger partial charge in [-0.1, -0.05) is 35.0 Å². The maximum absolute atomic E-state index is 6.17. The summed E-state index contributed by atoms with van der Waals surface area (Å²) in [7, 11) is 0. The maximum atomic E-state index is 6.17. The van der Waals surface area contributed by atoms with Crippen LogP contribution in [0, 0.1) is 13.8 Å². The van der Waals surface area contributed by atoms with Gasteiger partial charge in [-0.3, -0.25) is 0 Å². The Morgan fingerprint density at radius 2 is 2.05 bits per heavy atom. The van der Waals surface area contributed by atoms with Gasteiger partial charge in [-0.15, -0.1) is 0 Å². The largest absolute Gasteiger partial charge is 0.361 e. The second-order valence-corrected chi connectivity index (χ2v) is 5.29. The summed E-state index contributed by atoms with van der Waals surface area (Å²) in [5.41, 5.74) is 3.27. The van der Waals surface area contributed by atoms with Crippen molar-refractivity contribution in [2.75, 3.05) is 0 Å². The minimum absolute atomic E-state index is 0.341. The van der Waals surface area contributed by atoms with Crippen molar-refractivity contribution in [2.45, 2.75) is 39.8 Å². The van der Waals surface area contributed by atoms with Crippen LogP contribution in [0.4, 0.5) is 0 Å². The molecule has 0 saturated carbocycles. The molecule has 0 bridgehead atoms. The highest BCUT2D eigenvalue weighted by Crippen LogP contribution is 2.17. The minimum Gasteiger partial charge on any atom is -0.361 e. The molecule has 1 atom stereocenters. The minimum atomic E-state index is 0.341. The van der Waals surface area contributed by atoms with Gasteiger partial charge in [0.15, 0.2) is 0 Å². The summed E-state index contributed by atoms with van der Waals surface area (Å²) in [6, 6.07) is 8.30. The Morgan fingerprint density at radius 3 is 2.68 bits per heavy atom. The van der Waals surface area contributed by atoms with E-state index < -0.39 is 0 Å². The molecule has 0 aliphatic rings. The lowest BCUT2D eigenvalue weighted by molar-refractivity contribution is 0.391. The van der Waals surface area contributed by atoms with Crippen molar-refractivity contribution < 1.29 is 4.52 Å². The molecule has 1 heterocycles. The summed E-state index contributed by atoms with van der Waals surface area (Å²) in [6.07, 6.45) is 0.906. The molecule has 0 aliphatic heterocycles. The zero-order valence-corrected chi connectivity index (χ0v) is 12.3. The van der Waals surface area contributed by atoms with Crippen LogP contribution < -0.4 is 5.32 Å². The molecule has 4 heteroatoms. The van der Waals surface area contributed by atoms with E-state index in [0.29, 0.717) is 6.04 Å². The highest BCUT2D eigenvalue weighted by Gasteiger charge is 2.11. The quantitative estimate of drug-likeness (QED) is 0.907. The number of aryl methyl sites for hydroxylation is 2.